The molecule has 488 valence electrons. The number of carbonyl (C=O) groups is 12. The highest BCUT2D eigenvalue weighted by atomic mass is 16.4. The van der Waals surface area contributed by atoms with Crippen molar-refractivity contribution in [3.8, 4) is 0 Å². The fourth-order valence-electron chi connectivity index (χ4n) is 10.8. The SMILES string of the molecule is CC(C)[C@H](NC(=O)[C@H](CC(=O)O)NC(=O)[C@@H](NC(=O)[C@@H]1Cc2ccccc2CN1C(=O)[C@@H](NC(=O)[C@@H](N)Cc1ccccc1)C(C)C)[C@@H](C)O)C(=O)NCC(=O)N1CCC[C@H]1C(=O)N[C@@H](Cc1ccccc1)C(=O)N[C@@H](C)C(=O)N[C@@H](Cc1ccccc1)C(N)=O. The first-order valence-corrected chi connectivity index (χ1v) is 30.4. The molecule has 2 heterocycles. The standard InChI is InChI=1S/C65H84N12O14/c1-36(2)53(63(89)68-34-51(79)76-28-18-27-49(76)61(87)71-47(31-42-23-14-9-15-24-42)59(85)69-38(5)57(83)70-46(56(67)82)30-41-21-12-8-13-22-41)73-60(86)48(33-52(80)81)72-64(90)55(39(6)78)75-62(88)50-32-43-25-16-17-26-44(43)35-77(50)65(91)54(37(3)4)74-58(84)45(66)29-40-19-10-7-11-20-40/h7-17,19-26,36-39,45-50,53-55,78H,18,27-35,66H2,1-6H3,(H2,67,82)(H,68,89)(H,69,85)(H,70,83)(H,71,87)(H,72,90)(H,73,86)(H,74,84)(H,75,88)(H,80,81)/t38-,39+,45-,46-,47-,48-,49-,50-,53-,54-,55-/m0/s1. The molecule has 0 spiro atoms. The van der Waals surface area contributed by atoms with E-state index in [4.69, 9.17) is 11.5 Å². The molecule has 1 saturated heterocycles. The van der Waals surface area contributed by atoms with Crippen molar-refractivity contribution in [1.82, 2.24) is 52.3 Å². The van der Waals surface area contributed by atoms with E-state index in [2.05, 4.69) is 42.5 Å². The summed E-state index contributed by atoms with van der Waals surface area (Å²) in [6.07, 6.45) is -1.93. The van der Waals surface area contributed by atoms with E-state index in [9.17, 15) is 67.7 Å². The Kier molecular flexibility index (Phi) is 25.8. The number of aliphatic hydroxyl groups is 1. The Labute approximate surface area is 528 Å². The number of nitrogens with zero attached hydrogens (tertiary/aromatic N) is 2. The number of aliphatic carboxylic acids is 1. The highest BCUT2D eigenvalue weighted by Gasteiger charge is 2.43. The molecule has 91 heavy (non-hydrogen) atoms. The van der Waals surface area contributed by atoms with E-state index in [0.717, 1.165) is 11.1 Å². The van der Waals surface area contributed by atoms with E-state index >= 15 is 0 Å². The molecule has 2 aliphatic rings. The molecule has 11 atom stereocenters. The smallest absolute Gasteiger partial charge is 0.305 e. The molecule has 26 heteroatoms. The van der Waals surface area contributed by atoms with Gasteiger partial charge in [-0.1, -0.05) is 143 Å². The Bertz CT molecular complexity index is 3240. The number of benzene rings is 4. The van der Waals surface area contributed by atoms with Crippen LogP contribution in [0, 0.1) is 11.8 Å². The van der Waals surface area contributed by atoms with Crippen LogP contribution in [-0.2, 0) is 89.8 Å². The van der Waals surface area contributed by atoms with Crippen LogP contribution >= 0.6 is 0 Å². The van der Waals surface area contributed by atoms with Gasteiger partial charge in [0.05, 0.1) is 25.1 Å². The zero-order chi connectivity index (χ0) is 66.6. The van der Waals surface area contributed by atoms with Gasteiger partial charge in [0, 0.05) is 32.4 Å². The van der Waals surface area contributed by atoms with E-state index in [1.54, 1.807) is 125 Å². The summed E-state index contributed by atoms with van der Waals surface area (Å²) in [5.41, 5.74) is 15.5. The molecule has 0 radical (unpaired) electrons. The fraction of sp³-hybridized carbons (Fsp3) is 0.446. The van der Waals surface area contributed by atoms with Crippen molar-refractivity contribution in [1.29, 1.82) is 0 Å². The third kappa shape index (κ3) is 20.2. The maximum atomic E-state index is 14.6. The predicted molar refractivity (Wildman–Crippen MR) is 333 cm³/mol. The van der Waals surface area contributed by atoms with Crippen molar-refractivity contribution in [2.45, 2.75) is 160 Å². The summed E-state index contributed by atoms with van der Waals surface area (Å²) in [5.74, 6) is -11.8. The van der Waals surface area contributed by atoms with Gasteiger partial charge in [0.25, 0.3) is 0 Å². The van der Waals surface area contributed by atoms with Crippen molar-refractivity contribution < 1.29 is 67.7 Å². The summed E-state index contributed by atoms with van der Waals surface area (Å²) in [4.78, 5) is 167. The van der Waals surface area contributed by atoms with Gasteiger partial charge >= 0.3 is 5.97 Å². The maximum absolute atomic E-state index is 14.6. The molecule has 6 rings (SSSR count). The number of aliphatic hydroxyl groups excluding tert-OH is 1. The minimum Gasteiger partial charge on any atom is -0.481 e. The normalized spacial score (nSPS) is 17.4. The molecule has 0 saturated carbocycles. The van der Waals surface area contributed by atoms with Gasteiger partial charge in [-0.15, -0.1) is 0 Å². The van der Waals surface area contributed by atoms with Crippen LogP contribution in [-0.4, -0.2) is 171 Å². The molecule has 0 unspecified atom stereocenters. The first-order chi connectivity index (χ1) is 43.2. The number of fused-ring (bicyclic) bond motifs is 1. The third-order valence-electron chi connectivity index (χ3n) is 15.9. The zero-order valence-electron chi connectivity index (χ0n) is 51.9. The molecule has 14 N–H and O–H groups in total. The highest BCUT2D eigenvalue weighted by Crippen LogP contribution is 2.26. The topological polar surface area (TPSA) is 400 Å². The molecule has 0 bridgehead atoms. The van der Waals surface area contributed by atoms with Gasteiger partial charge in [0.1, 0.15) is 54.4 Å². The van der Waals surface area contributed by atoms with Gasteiger partial charge in [0.15, 0.2) is 0 Å². The summed E-state index contributed by atoms with van der Waals surface area (Å²) in [7, 11) is 0. The van der Waals surface area contributed by atoms with Gasteiger partial charge in [-0.25, -0.2) is 0 Å². The summed E-state index contributed by atoms with van der Waals surface area (Å²) in [6, 6.07) is 20.4. The Balaban J connectivity index is 1.08. The number of rotatable bonds is 30. The average Bonchev–Trinajstić information content (AvgIpc) is 1.18. The van der Waals surface area contributed by atoms with E-state index in [0.29, 0.717) is 23.1 Å². The highest BCUT2D eigenvalue weighted by molar-refractivity contribution is 6.00. The second-order valence-electron chi connectivity index (χ2n) is 23.7. The Hall–Kier alpha value is -9.56. The average molecular weight is 1260 g/mol. The van der Waals surface area contributed by atoms with E-state index in [-0.39, 0.29) is 45.2 Å². The Morgan fingerprint density at radius 1 is 0.516 bits per heavy atom. The van der Waals surface area contributed by atoms with Crippen LogP contribution in [0.3, 0.4) is 0 Å². The van der Waals surface area contributed by atoms with Crippen molar-refractivity contribution in [2.75, 3.05) is 13.1 Å². The minimum atomic E-state index is -1.90. The second-order valence-corrected chi connectivity index (χ2v) is 23.7. The lowest BCUT2D eigenvalue weighted by Crippen LogP contribution is -2.63. The van der Waals surface area contributed by atoms with Gasteiger partial charge in [-0.2, -0.15) is 0 Å². The summed E-state index contributed by atoms with van der Waals surface area (Å²) in [6.45, 7) is 8.43. The molecule has 1 fully saturated rings. The van der Waals surface area contributed by atoms with Gasteiger partial charge < -0.3 is 74.0 Å². The number of nitrogens with one attached hydrogen (secondary N) is 8. The zero-order valence-corrected chi connectivity index (χ0v) is 51.9. The number of hydrogen-bond acceptors (Lipinski definition) is 14. The molecular weight excluding hydrogens is 1170 g/mol. The van der Waals surface area contributed by atoms with Crippen LogP contribution in [0.2, 0.25) is 0 Å². The third-order valence-corrected chi connectivity index (χ3v) is 15.9. The van der Waals surface area contributed by atoms with Crippen LogP contribution in [0.5, 0.6) is 0 Å². The summed E-state index contributed by atoms with van der Waals surface area (Å²) < 4.78 is 0. The summed E-state index contributed by atoms with van der Waals surface area (Å²) >= 11 is 0. The van der Waals surface area contributed by atoms with Crippen molar-refractivity contribution in [3.05, 3.63) is 143 Å². The van der Waals surface area contributed by atoms with Crippen LogP contribution in [0.4, 0.5) is 0 Å². The number of amides is 11. The number of nitrogens with two attached hydrogens (primary N) is 2. The number of primary amides is 1. The fourth-order valence-corrected chi connectivity index (χ4v) is 10.8. The number of carboxylic acids is 1. The predicted octanol–water partition coefficient (Wildman–Crippen LogP) is -0.831. The molecule has 11 amide bonds. The molecule has 26 nitrogen and oxygen atoms in total. The number of hydrogen-bond donors (Lipinski definition) is 12. The summed E-state index contributed by atoms with van der Waals surface area (Å²) in [5, 5.41) is 41.3. The molecule has 2 aliphatic heterocycles. The first-order valence-electron chi connectivity index (χ1n) is 30.4. The quantitative estimate of drug-likeness (QED) is 0.0303. The lowest BCUT2D eigenvalue weighted by Gasteiger charge is -2.39. The lowest BCUT2D eigenvalue weighted by atomic mass is 9.91. The number of carbonyl (C=O) groups excluding carboxylic acids is 11. The van der Waals surface area contributed by atoms with E-state index in [1.807, 2.05) is 18.2 Å². The largest absolute Gasteiger partial charge is 0.481 e. The molecule has 4 aromatic rings. The molecule has 0 aromatic heterocycles. The number of carboxylic acid groups (broad SMARTS) is 1. The maximum Gasteiger partial charge on any atom is 0.305 e. The minimum absolute atomic E-state index is 0.0206. The second kappa shape index (κ2) is 33.3. The monoisotopic (exact) mass is 1260 g/mol. The van der Waals surface area contributed by atoms with Gasteiger partial charge in [0.2, 0.25) is 65.0 Å². The van der Waals surface area contributed by atoms with Crippen LogP contribution in [0.1, 0.15) is 88.6 Å². The van der Waals surface area contributed by atoms with Crippen LogP contribution in [0.15, 0.2) is 115 Å². The molecular formula is C65H84N12O14. The first kappa shape index (κ1) is 70.5. The van der Waals surface area contributed by atoms with Crippen molar-refractivity contribution >= 4 is 70.9 Å². The van der Waals surface area contributed by atoms with Gasteiger partial charge in [-0.3, -0.25) is 57.5 Å². The van der Waals surface area contributed by atoms with Gasteiger partial charge in [-0.05, 0) is 72.8 Å². The Morgan fingerprint density at radius 3 is 1.57 bits per heavy atom. The number of likely N-dealkylation sites (tertiary alicyclic amines) is 1. The van der Waals surface area contributed by atoms with E-state index in [1.165, 1.54) is 23.6 Å². The van der Waals surface area contributed by atoms with Crippen LogP contribution in [0.25, 0.3) is 0 Å². The van der Waals surface area contributed by atoms with E-state index < -0.39 is 162 Å². The van der Waals surface area contributed by atoms with Crippen molar-refractivity contribution in [3.63, 3.8) is 0 Å². The molecule has 0 aliphatic carbocycles. The van der Waals surface area contributed by atoms with Crippen LogP contribution < -0.4 is 54.0 Å². The van der Waals surface area contributed by atoms with Crippen molar-refractivity contribution in [2.24, 2.45) is 23.3 Å². The lowest BCUT2D eigenvalue weighted by molar-refractivity contribution is -0.147. The molecule has 4 aromatic carbocycles. The Morgan fingerprint density at radius 2 is 1.02 bits per heavy atom.